The Morgan fingerprint density at radius 1 is 1.32 bits per heavy atom. The third-order valence-corrected chi connectivity index (χ3v) is 5.56. The summed E-state index contributed by atoms with van der Waals surface area (Å²) >= 11 is 0. The number of aromatic amines is 1. The summed E-state index contributed by atoms with van der Waals surface area (Å²) in [6, 6.07) is 12.1. The molecule has 1 aromatic heterocycles. The number of hydrogen-bond acceptors (Lipinski definition) is 3. The summed E-state index contributed by atoms with van der Waals surface area (Å²) in [5, 5.41) is 10.7. The number of amides is 1. The van der Waals surface area contributed by atoms with Gasteiger partial charge in [0, 0.05) is 23.9 Å². The lowest BCUT2D eigenvalue weighted by molar-refractivity contribution is -0.0591. The predicted octanol–water partition coefficient (Wildman–Crippen LogP) is 2.39. The van der Waals surface area contributed by atoms with Gasteiger partial charge in [-0.25, -0.2) is 0 Å². The molecule has 0 unspecified atom stereocenters. The first-order valence-electron chi connectivity index (χ1n) is 8.81. The second kappa shape index (κ2) is 6.00. The van der Waals surface area contributed by atoms with Gasteiger partial charge in [0.05, 0.1) is 18.7 Å². The highest BCUT2D eigenvalue weighted by Crippen LogP contribution is 2.42. The second-order valence-electron chi connectivity index (χ2n) is 7.38. The standard InChI is InChI=1S/C20H24N2O3/c1-13-8-17(14(2)21-13)19(24)22-10-18(23)20(12-22)9-16(11-25-20)15-6-4-3-5-7-15/h3-8,16,18,21,23H,9-12H2,1-2H3/t16-,18-,20-/m1/s1. The first kappa shape index (κ1) is 16.4. The number of aliphatic hydroxyl groups excluding tert-OH is 1. The Bertz CT molecular complexity index is 785. The molecule has 2 saturated heterocycles. The van der Waals surface area contributed by atoms with E-state index < -0.39 is 11.7 Å². The Morgan fingerprint density at radius 3 is 2.76 bits per heavy atom. The molecule has 3 atom stereocenters. The number of ether oxygens (including phenoxy) is 1. The molecule has 1 spiro atoms. The molecule has 5 nitrogen and oxygen atoms in total. The van der Waals surface area contributed by atoms with E-state index in [2.05, 4.69) is 17.1 Å². The summed E-state index contributed by atoms with van der Waals surface area (Å²) in [7, 11) is 0. The van der Waals surface area contributed by atoms with Gasteiger partial charge in [0.15, 0.2) is 0 Å². The van der Waals surface area contributed by atoms with Crippen molar-refractivity contribution < 1.29 is 14.6 Å². The van der Waals surface area contributed by atoms with Crippen LogP contribution in [0, 0.1) is 13.8 Å². The maximum atomic E-state index is 12.9. The molecule has 2 aromatic rings. The van der Waals surface area contributed by atoms with E-state index in [0.717, 1.165) is 17.8 Å². The van der Waals surface area contributed by atoms with Gasteiger partial charge < -0.3 is 19.7 Å². The fourth-order valence-electron chi connectivity index (χ4n) is 4.22. The Labute approximate surface area is 147 Å². The average Bonchev–Trinajstić information content (AvgIpc) is 3.27. The van der Waals surface area contributed by atoms with Crippen LogP contribution in [0.4, 0.5) is 0 Å². The minimum atomic E-state index is -0.648. The number of carbonyl (C=O) groups excluding carboxylic acids is 1. The Hall–Kier alpha value is -2.11. The lowest BCUT2D eigenvalue weighted by Crippen LogP contribution is -2.41. The van der Waals surface area contributed by atoms with E-state index in [1.165, 1.54) is 5.56 Å². The summed E-state index contributed by atoms with van der Waals surface area (Å²) in [4.78, 5) is 17.8. The van der Waals surface area contributed by atoms with E-state index in [-0.39, 0.29) is 11.8 Å². The van der Waals surface area contributed by atoms with Crippen LogP contribution in [-0.2, 0) is 4.74 Å². The maximum absolute atomic E-state index is 12.9. The van der Waals surface area contributed by atoms with Crippen LogP contribution >= 0.6 is 0 Å². The highest BCUT2D eigenvalue weighted by Gasteiger charge is 2.53. The molecular formula is C20H24N2O3. The van der Waals surface area contributed by atoms with E-state index in [1.807, 2.05) is 38.1 Å². The molecule has 5 heteroatoms. The monoisotopic (exact) mass is 340 g/mol. The van der Waals surface area contributed by atoms with Gasteiger partial charge >= 0.3 is 0 Å². The number of rotatable bonds is 2. The third kappa shape index (κ3) is 2.77. The number of aromatic nitrogens is 1. The minimum absolute atomic E-state index is 0.0375. The number of aliphatic hydroxyl groups is 1. The SMILES string of the molecule is Cc1cc(C(=O)N2C[C@@H](O)[C@@]3(C[C@@H](c4ccccc4)CO3)C2)c(C)[nH]1. The highest BCUT2D eigenvalue weighted by molar-refractivity contribution is 5.96. The molecule has 25 heavy (non-hydrogen) atoms. The summed E-state index contributed by atoms with van der Waals surface area (Å²) < 4.78 is 6.08. The number of aryl methyl sites for hydroxylation is 2. The summed E-state index contributed by atoms with van der Waals surface area (Å²) in [5.41, 5.74) is 3.10. The molecule has 1 aromatic carbocycles. The van der Waals surface area contributed by atoms with Crippen molar-refractivity contribution in [2.75, 3.05) is 19.7 Å². The van der Waals surface area contributed by atoms with Crippen LogP contribution in [0.3, 0.4) is 0 Å². The van der Waals surface area contributed by atoms with Gasteiger partial charge in [0.2, 0.25) is 0 Å². The Balaban J connectivity index is 1.52. The van der Waals surface area contributed by atoms with E-state index in [1.54, 1.807) is 4.90 Å². The lowest BCUT2D eigenvalue weighted by atomic mass is 9.87. The molecule has 3 heterocycles. The van der Waals surface area contributed by atoms with Crippen LogP contribution in [0.5, 0.6) is 0 Å². The van der Waals surface area contributed by atoms with E-state index in [0.29, 0.717) is 25.3 Å². The van der Waals surface area contributed by atoms with Gasteiger partial charge in [-0.15, -0.1) is 0 Å². The summed E-state index contributed by atoms with van der Waals surface area (Å²) in [5.74, 6) is 0.228. The van der Waals surface area contributed by atoms with Crippen molar-refractivity contribution in [2.24, 2.45) is 0 Å². The van der Waals surface area contributed by atoms with Crippen molar-refractivity contribution >= 4 is 5.91 Å². The molecule has 4 rings (SSSR count). The van der Waals surface area contributed by atoms with Gasteiger partial charge in [0.1, 0.15) is 11.7 Å². The van der Waals surface area contributed by atoms with Crippen LogP contribution in [0.15, 0.2) is 36.4 Å². The fraction of sp³-hybridized carbons (Fsp3) is 0.450. The van der Waals surface area contributed by atoms with Gasteiger partial charge in [-0.05, 0) is 31.9 Å². The lowest BCUT2D eigenvalue weighted by Gasteiger charge is -2.26. The minimum Gasteiger partial charge on any atom is -0.388 e. The quantitative estimate of drug-likeness (QED) is 0.882. The number of β-amino-alcohol motifs (C(OH)–C–C–N with tert-alkyl or cyclic N) is 1. The number of carbonyl (C=O) groups is 1. The highest BCUT2D eigenvalue weighted by atomic mass is 16.5. The van der Waals surface area contributed by atoms with Crippen molar-refractivity contribution in [1.82, 2.24) is 9.88 Å². The molecule has 132 valence electrons. The van der Waals surface area contributed by atoms with Gasteiger partial charge in [-0.1, -0.05) is 30.3 Å². The Kier molecular flexibility index (Phi) is 3.93. The van der Waals surface area contributed by atoms with Crippen molar-refractivity contribution in [2.45, 2.75) is 37.9 Å². The van der Waals surface area contributed by atoms with E-state index in [9.17, 15) is 9.90 Å². The van der Waals surface area contributed by atoms with Crippen LogP contribution < -0.4 is 0 Å². The normalized spacial score (nSPS) is 28.8. The van der Waals surface area contributed by atoms with E-state index in [4.69, 9.17) is 4.74 Å². The number of H-pyrrole nitrogens is 1. The fourth-order valence-corrected chi connectivity index (χ4v) is 4.22. The molecule has 2 aliphatic rings. The zero-order valence-electron chi connectivity index (χ0n) is 14.7. The predicted molar refractivity (Wildman–Crippen MR) is 94.7 cm³/mol. The van der Waals surface area contributed by atoms with Crippen molar-refractivity contribution in [1.29, 1.82) is 0 Å². The summed E-state index contributed by atoms with van der Waals surface area (Å²) in [6.07, 6.45) is 0.0955. The molecule has 1 amide bonds. The number of nitrogens with zero attached hydrogens (tertiary/aromatic N) is 1. The first-order valence-corrected chi connectivity index (χ1v) is 8.81. The number of hydrogen-bond donors (Lipinski definition) is 2. The zero-order valence-corrected chi connectivity index (χ0v) is 14.7. The Morgan fingerprint density at radius 2 is 2.08 bits per heavy atom. The number of likely N-dealkylation sites (tertiary alicyclic amines) is 1. The van der Waals surface area contributed by atoms with Crippen molar-refractivity contribution in [3.8, 4) is 0 Å². The smallest absolute Gasteiger partial charge is 0.255 e. The van der Waals surface area contributed by atoms with Gasteiger partial charge in [-0.3, -0.25) is 4.79 Å². The first-order chi connectivity index (χ1) is 12.0. The molecule has 0 radical (unpaired) electrons. The summed E-state index contributed by atoms with van der Waals surface area (Å²) in [6.45, 7) is 5.20. The topological polar surface area (TPSA) is 65.6 Å². The molecule has 2 aliphatic heterocycles. The van der Waals surface area contributed by atoms with Gasteiger partial charge in [-0.2, -0.15) is 0 Å². The molecule has 0 saturated carbocycles. The number of benzene rings is 1. The molecular weight excluding hydrogens is 316 g/mol. The van der Waals surface area contributed by atoms with Crippen LogP contribution in [0.25, 0.3) is 0 Å². The van der Waals surface area contributed by atoms with Crippen molar-refractivity contribution in [3.63, 3.8) is 0 Å². The largest absolute Gasteiger partial charge is 0.388 e. The average molecular weight is 340 g/mol. The molecule has 0 aliphatic carbocycles. The van der Waals surface area contributed by atoms with Crippen LogP contribution in [0.2, 0.25) is 0 Å². The maximum Gasteiger partial charge on any atom is 0.255 e. The second-order valence-corrected chi connectivity index (χ2v) is 7.38. The molecule has 2 fully saturated rings. The van der Waals surface area contributed by atoms with Gasteiger partial charge in [0.25, 0.3) is 5.91 Å². The van der Waals surface area contributed by atoms with Crippen LogP contribution in [-0.4, -0.2) is 52.3 Å². The van der Waals surface area contributed by atoms with Crippen molar-refractivity contribution in [3.05, 3.63) is 58.9 Å². The van der Waals surface area contributed by atoms with Crippen LogP contribution in [0.1, 0.15) is 39.6 Å². The third-order valence-electron chi connectivity index (χ3n) is 5.56. The number of nitrogens with one attached hydrogen (secondary N) is 1. The zero-order chi connectivity index (χ0) is 17.6. The van der Waals surface area contributed by atoms with E-state index >= 15 is 0 Å². The molecule has 2 N–H and O–H groups in total. The molecule has 0 bridgehead atoms.